The predicted octanol–water partition coefficient (Wildman–Crippen LogP) is 2.61. The number of hydrogen-bond donors (Lipinski definition) is 2. The second-order valence-corrected chi connectivity index (χ2v) is 6.60. The molecule has 0 spiro atoms. The van der Waals surface area contributed by atoms with Crippen LogP contribution < -0.4 is 10.9 Å². The Morgan fingerprint density at radius 1 is 1.33 bits per heavy atom. The maximum absolute atomic E-state index is 12.2. The zero-order valence-electron chi connectivity index (χ0n) is 13.7. The fourth-order valence-corrected chi connectivity index (χ4v) is 3.69. The van der Waals surface area contributed by atoms with Gasteiger partial charge in [0.25, 0.3) is 5.91 Å². The third kappa shape index (κ3) is 4.83. The van der Waals surface area contributed by atoms with Gasteiger partial charge in [0.05, 0.1) is 11.5 Å². The number of hydrogen-bond acceptors (Lipinski definition) is 6. The lowest BCUT2D eigenvalue weighted by molar-refractivity contribution is -0.138. The number of amides is 1. The number of thiophene rings is 1. The molecule has 1 aliphatic carbocycles. The highest BCUT2D eigenvalue weighted by Gasteiger charge is 2.16. The molecular formula is C17H21N3O3S. The number of nitrogens with zero attached hydrogens (tertiary/aromatic N) is 1. The van der Waals surface area contributed by atoms with Crippen molar-refractivity contribution in [3.8, 4) is 6.07 Å². The summed E-state index contributed by atoms with van der Waals surface area (Å²) in [6, 6.07) is 3.68. The SMILES string of the molecule is CCOC(=O)/C(C#N)=C/NNC(=O)c1cc2c(s1)CCCCCC2. The van der Waals surface area contributed by atoms with Gasteiger partial charge < -0.3 is 10.2 Å². The molecular weight excluding hydrogens is 326 g/mol. The first-order chi connectivity index (χ1) is 11.7. The molecule has 2 N–H and O–H groups in total. The van der Waals surface area contributed by atoms with Crippen molar-refractivity contribution in [3.63, 3.8) is 0 Å². The van der Waals surface area contributed by atoms with E-state index in [9.17, 15) is 9.59 Å². The van der Waals surface area contributed by atoms with E-state index in [0.717, 1.165) is 25.5 Å². The summed E-state index contributed by atoms with van der Waals surface area (Å²) in [5.41, 5.74) is 6.06. The average molecular weight is 347 g/mol. The lowest BCUT2D eigenvalue weighted by Gasteiger charge is -2.07. The Morgan fingerprint density at radius 2 is 2.08 bits per heavy atom. The number of carbonyl (C=O) groups excluding carboxylic acids is 2. The van der Waals surface area contributed by atoms with Crippen LogP contribution in [-0.4, -0.2) is 18.5 Å². The molecule has 0 aromatic carbocycles. The van der Waals surface area contributed by atoms with Crippen molar-refractivity contribution < 1.29 is 14.3 Å². The molecule has 1 aromatic rings. The Kier molecular flexibility index (Phi) is 6.82. The fourth-order valence-electron chi connectivity index (χ4n) is 2.54. The van der Waals surface area contributed by atoms with Crippen LogP contribution >= 0.6 is 11.3 Å². The Morgan fingerprint density at radius 3 is 2.79 bits per heavy atom. The highest BCUT2D eigenvalue weighted by atomic mass is 32.1. The second kappa shape index (κ2) is 9.08. The van der Waals surface area contributed by atoms with E-state index in [1.54, 1.807) is 13.0 Å². The molecule has 7 heteroatoms. The molecule has 0 radical (unpaired) electrons. The first-order valence-corrected chi connectivity index (χ1v) is 8.92. The van der Waals surface area contributed by atoms with E-state index in [4.69, 9.17) is 10.00 Å². The molecule has 24 heavy (non-hydrogen) atoms. The van der Waals surface area contributed by atoms with E-state index in [0.29, 0.717) is 4.88 Å². The quantitative estimate of drug-likeness (QED) is 0.370. The normalized spacial score (nSPS) is 14.6. The summed E-state index contributed by atoms with van der Waals surface area (Å²) in [6.45, 7) is 1.84. The van der Waals surface area contributed by atoms with E-state index < -0.39 is 5.97 Å². The van der Waals surface area contributed by atoms with Crippen LogP contribution in [0.1, 0.15) is 52.7 Å². The Labute approximate surface area is 145 Å². The molecule has 1 aromatic heterocycles. The molecule has 0 saturated heterocycles. The van der Waals surface area contributed by atoms with Crippen molar-refractivity contribution in [1.29, 1.82) is 5.26 Å². The Hall–Kier alpha value is -2.33. The highest BCUT2D eigenvalue weighted by molar-refractivity contribution is 7.14. The highest BCUT2D eigenvalue weighted by Crippen LogP contribution is 2.28. The van der Waals surface area contributed by atoms with Gasteiger partial charge in [-0.05, 0) is 44.2 Å². The van der Waals surface area contributed by atoms with Gasteiger partial charge in [-0.2, -0.15) is 5.26 Å². The Balaban J connectivity index is 1.96. The molecule has 1 heterocycles. The third-order valence-corrected chi connectivity index (χ3v) is 4.97. The van der Waals surface area contributed by atoms with Crippen LogP contribution in [0.2, 0.25) is 0 Å². The van der Waals surface area contributed by atoms with Crippen LogP contribution in [0.4, 0.5) is 0 Å². The molecule has 0 fully saturated rings. The first kappa shape index (κ1) is 18.0. The minimum atomic E-state index is -0.721. The van der Waals surface area contributed by atoms with Gasteiger partial charge in [-0.15, -0.1) is 11.3 Å². The number of rotatable bonds is 5. The number of carbonyl (C=O) groups is 2. The molecule has 0 unspecified atom stereocenters. The number of nitrogens with one attached hydrogen (secondary N) is 2. The maximum Gasteiger partial charge on any atom is 0.350 e. The molecule has 6 nitrogen and oxygen atoms in total. The monoisotopic (exact) mass is 347 g/mol. The van der Waals surface area contributed by atoms with Gasteiger partial charge in [0, 0.05) is 11.1 Å². The zero-order chi connectivity index (χ0) is 17.4. The van der Waals surface area contributed by atoms with E-state index in [1.165, 1.54) is 41.0 Å². The molecule has 2 rings (SSSR count). The lowest BCUT2D eigenvalue weighted by atomic mass is 10.00. The van der Waals surface area contributed by atoms with Crippen LogP contribution in [-0.2, 0) is 22.4 Å². The lowest BCUT2D eigenvalue weighted by Crippen LogP contribution is -2.33. The number of esters is 1. The van der Waals surface area contributed by atoms with Gasteiger partial charge in [-0.25, -0.2) is 4.79 Å². The molecule has 0 bridgehead atoms. The summed E-state index contributed by atoms with van der Waals surface area (Å²) in [4.78, 5) is 25.6. The molecule has 128 valence electrons. The summed E-state index contributed by atoms with van der Waals surface area (Å²) < 4.78 is 4.74. The minimum absolute atomic E-state index is 0.185. The van der Waals surface area contributed by atoms with E-state index in [-0.39, 0.29) is 18.1 Å². The van der Waals surface area contributed by atoms with Gasteiger partial charge in [-0.3, -0.25) is 10.2 Å². The predicted molar refractivity (Wildman–Crippen MR) is 91.1 cm³/mol. The zero-order valence-corrected chi connectivity index (χ0v) is 14.5. The van der Waals surface area contributed by atoms with Gasteiger partial charge in [-0.1, -0.05) is 12.8 Å². The molecule has 1 amide bonds. The number of aryl methyl sites for hydroxylation is 2. The Bertz CT molecular complexity index is 648. The van der Waals surface area contributed by atoms with E-state index in [1.807, 2.05) is 6.07 Å². The van der Waals surface area contributed by atoms with Gasteiger partial charge in [0.1, 0.15) is 6.07 Å². The first-order valence-electron chi connectivity index (χ1n) is 8.10. The summed E-state index contributed by atoms with van der Waals surface area (Å²) >= 11 is 1.52. The van der Waals surface area contributed by atoms with Gasteiger partial charge >= 0.3 is 5.97 Å². The van der Waals surface area contributed by atoms with Gasteiger partial charge in [0.2, 0.25) is 0 Å². The number of ether oxygens (including phenoxy) is 1. The average Bonchev–Trinajstić information content (AvgIpc) is 2.94. The van der Waals surface area contributed by atoms with E-state index in [2.05, 4.69) is 10.9 Å². The fraction of sp³-hybridized carbons (Fsp3) is 0.471. The van der Waals surface area contributed by atoms with Crippen molar-refractivity contribution in [2.75, 3.05) is 6.61 Å². The third-order valence-electron chi connectivity index (χ3n) is 3.74. The van der Waals surface area contributed by atoms with Crippen LogP contribution in [0.25, 0.3) is 0 Å². The molecule has 0 saturated carbocycles. The van der Waals surface area contributed by atoms with Crippen molar-refractivity contribution in [2.24, 2.45) is 0 Å². The van der Waals surface area contributed by atoms with Crippen LogP contribution in [0.15, 0.2) is 17.8 Å². The van der Waals surface area contributed by atoms with Crippen LogP contribution in [0.5, 0.6) is 0 Å². The van der Waals surface area contributed by atoms with Crippen molar-refractivity contribution in [3.05, 3.63) is 33.2 Å². The second-order valence-electron chi connectivity index (χ2n) is 5.46. The van der Waals surface area contributed by atoms with E-state index >= 15 is 0 Å². The summed E-state index contributed by atoms with van der Waals surface area (Å²) in [5, 5.41) is 8.90. The number of nitriles is 1. The number of hydrazine groups is 1. The summed E-state index contributed by atoms with van der Waals surface area (Å²) in [7, 11) is 0. The summed E-state index contributed by atoms with van der Waals surface area (Å²) in [5.74, 6) is -0.995. The topological polar surface area (TPSA) is 91.2 Å². The molecule has 0 aliphatic heterocycles. The molecule has 0 atom stereocenters. The smallest absolute Gasteiger partial charge is 0.350 e. The largest absolute Gasteiger partial charge is 0.462 e. The van der Waals surface area contributed by atoms with Crippen molar-refractivity contribution >= 4 is 23.2 Å². The van der Waals surface area contributed by atoms with Crippen LogP contribution in [0, 0.1) is 11.3 Å². The van der Waals surface area contributed by atoms with Crippen molar-refractivity contribution in [1.82, 2.24) is 10.9 Å². The minimum Gasteiger partial charge on any atom is -0.462 e. The standard InChI is InChI=1S/C17H21N3O3S/c1-2-23-17(22)13(10-18)11-19-20-16(21)15-9-12-7-5-3-4-6-8-14(12)24-15/h9,11,19H,2-8H2,1H3,(H,20,21)/b13-11+. The van der Waals surface area contributed by atoms with Gasteiger partial charge in [0.15, 0.2) is 5.57 Å². The van der Waals surface area contributed by atoms with Crippen molar-refractivity contribution in [2.45, 2.75) is 45.4 Å². The number of fused-ring (bicyclic) bond motifs is 1. The molecule has 1 aliphatic rings. The summed E-state index contributed by atoms with van der Waals surface area (Å²) in [6.07, 6.45) is 8.01. The maximum atomic E-state index is 12.2. The van der Waals surface area contributed by atoms with Crippen LogP contribution in [0.3, 0.4) is 0 Å².